The van der Waals surface area contributed by atoms with Crippen molar-refractivity contribution in [1.29, 1.82) is 0 Å². The predicted molar refractivity (Wildman–Crippen MR) is 67.5 cm³/mol. The smallest absolute Gasteiger partial charge is 0.447 e. The van der Waals surface area contributed by atoms with Gasteiger partial charge in [-0.1, -0.05) is 18.2 Å². The van der Waals surface area contributed by atoms with Gasteiger partial charge in [-0.3, -0.25) is 4.79 Å². The van der Waals surface area contributed by atoms with Crippen LogP contribution < -0.4 is 10.7 Å². The number of halogens is 4. The molecule has 0 radical (unpaired) electrons. The van der Waals surface area contributed by atoms with Crippen LogP contribution in [0.15, 0.2) is 30.3 Å². The lowest BCUT2D eigenvalue weighted by molar-refractivity contribution is -0.141. The Morgan fingerprint density at radius 2 is 1.75 bits per heavy atom. The fourth-order valence-corrected chi connectivity index (χ4v) is 1.10. The predicted octanol–water partition coefficient (Wildman–Crippen LogP) is 0.910. The molecule has 4 nitrogen and oxygen atoms in total. The zero-order valence-electron chi connectivity index (χ0n) is 10.8. The van der Waals surface area contributed by atoms with Crippen molar-refractivity contribution in [3.8, 4) is 0 Å². The molecule has 3 N–H and O–H groups in total. The minimum absolute atomic E-state index is 0.154. The van der Waals surface area contributed by atoms with E-state index >= 15 is 0 Å². The molecule has 0 aliphatic heterocycles. The number of nitrogens with one attached hydrogen (secondary N) is 1. The maximum atomic E-state index is 11.5. The molecule has 0 saturated carbocycles. The van der Waals surface area contributed by atoms with Crippen LogP contribution >= 0.6 is 0 Å². The summed E-state index contributed by atoms with van der Waals surface area (Å²) in [4.78, 5) is 11.5. The number of rotatable bonds is 4. The summed E-state index contributed by atoms with van der Waals surface area (Å²) in [6.45, 7) is 2.58. The molecule has 0 aliphatic carbocycles. The van der Waals surface area contributed by atoms with Gasteiger partial charge in [-0.05, 0) is 19.1 Å². The first-order chi connectivity index (χ1) is 9.24. The normalized spacial score (nSPS) is 10.1. The minimum Gasteiger partial charge on any atom is -0.447 e. The lowest BCUT2D eigenvalue weighted by Crippen LogP contribution is -2.48. The van der Waals surface area contributed by atoms with E-state index in [0.717, 1.165) is 0 Å². The van der Waals surface area contributed by atoms with E-state index in [0.29, 0.717) is 18.1 Å². The Morgan fingerprint density at radius 3 is 2.20 bits per heavy atom. The van der Waals surface area contributed by atoms with Gasteiger partial charge < -0.3 is 27.3 Å². The fraction of sp³-hybridized carbons (Fsp3) is 0.273. The van der Waals surface area contributed by atoms with Crippen molar-refractivity contribution in [3.63, 3.8) is 0 Å². The summed E-state index contributed by atoms with van der Waals surface area (Å²) in [6, 6.07) is 8.96. The molecule has 1 aromatic rings. The Kier molecular flexibility index (Phi) is 8.03. The van der Waals surface area contributed by atoms with Gasteiger partial charge in [0, 0.05) is 5.56 Å². The van der Waals surface area contributed by atoms with Crippen LogP contribution in [0.4, 0.5) is 17.3 Å². The van der Waals surface area contributed by atoms with Crippen molar-refractivity contribution in [2.45, 2.75) is 6.92 Å². The molecule has 0 aromatic heterocycles. The van der Waals surface area contributed by atoms with Crippen molar-refractivity contribution in [1.82, 2.24) is 5.32 Å². The topological polar surface area (TPSA) is 63.9 Å². The Hall–Kier alpha value is -2.06. The fourth-order valence-electron chi connectivity index (χ4n) is 1.10. The maximum absolute atomic E-state index is 11.5. The Bertz CT molecular complexity index is 420. The highest BCUT2D eigenvalue weighted by Gasteiger charge is 2.20. The Balaban J connectivity index is 0.000000621. The second kappa shape index (κ2) is 8.95. The van der Waals surface area contributed by atoms with Gasteiger partial charge in [-0.25, -0.2) is 5.41 Å². The van der Waals surface area contributed by atoms with Crippen molar-refractivity contribution >= 4 is 19.1 Å². The molecule has 9 heteroatoms. The number of nitrogens with two attached hydrogens (primary N) is 1. The van der Waals surface area contributed by atoms with Crippen molar-refractivity contribution in [2.75, 3.05) is 13.2 Å². The Labute approximate surface area is 113 Å². The minimum atomic E-state index is -6.00. The molecular weight excluding hydrogens is 279 g/mol. The van der Waals surface area contributed by atoms with Gasteiger partial charge in [-0.15, -0.1) is 0 Å². The molecule has 20 heavy (non-hydrogen) atoms. The number of ether oxygens (including phenoxy) is 1. The van der Waals surface area contributed by atoms with Gasteiger partial charge in [0.25, 0.3) is 5.91 Å². The highest BCUT2D eigenvalue weighted by molar-refractivity contribution is 6.50. The molecule has 0 bridgehead atoms. The molecule has 1 rings (SSSR count). The van der Waals surface area contributed by atoms with E-state index in [9.17, 15) is 22.1 Å². The lowest BCUT2D eigenvalue weighted by Gasteiger charge is -2.03. The van der Waals surface area contributed by atoms with Gasteiger partial charge in [-0.2, -0.15) is 0 Å². The van der Waals surface area contributed by atoms with E-state index in [2.05, 4.69) is 5.32 Å². The molecular formula is C11H15BF4N2O2. The molecule has 1 amide bonds. The summed E-state index contributed by atoms with van der Waals surface area (Å²) in [6.07, 6.45) is 0. The van der Waals surface area contributed by atoms with Crippen LogP contribution in [0.3, 0.4) is 0 Å². The van der Waals surface area contributed by atoms with Crippen LogP contribution in [0, 0.1) is 0 Å². The monoisotopic (exact) mass is 294 g/mol. The molecule has 1 aromatic carbocycles. The van der Waals surface area contributed by atoms with Crippen molar-refractivity contribution in [3.05, 3.63) is 35.9 Å². The van der Waals surface area contributed by atoms with E-state index in [1.165, 1.54) is 0 Å². The second-order valence-corrected chi connectivity index (χ2v) is 3.44. The quantitative estimate of drug-likeness (QED) is 0.375. The summed E-state index contributed by atoms with van der Waals surface area (Å²) >= 11 is 0. The third-order valence-corrected chi connectivity index (χ3v) is 1.79. The molecule has 0 spiro atoms. The van der Waals surface area contributed by atoms with E-state index in [4.69, 9.17) is 10.1 Å². The first-order valence-electron chi connectivity index (χ1n) is 5.68. The molecule has 0 aliphatic rings. The average Bonchev–Trinajstić information content (AvgIpc) is 2.35. The number of hydrogen-bond donors (Lipinski definition) is 2. The molecule has 0 fully saturated rings. The highest BCUT2D eigenvalue weighted by Crippen LogP contribution is 2.06. The van der Waals surface area contributed by atoms with Gasteiger partial charge in [0.05, 0.1) is 6.61 Å². The number of benzene rings is 1. The third-order valence-electron chi connectivity index (χ3n) is 1.79. The van der Waals surface area contributed by atoms with E-state index in [-0.39, 0.29) is 12.5 Å². The van der Waals surface area contributed by atoms with Crippen LogP contribution in [0.1, 0.15) is 17.3 Å². The van der Waals surface area contributed by atoms with E-state index in [1.54, 1.807) is 12.1 Å². The number of amides is 1. The molecule has 0 saturated heterocycles. The van der Waals surface area contributed by atoms with E-state index in [1.807, 2.05) is 25.1 Å². The first kappa shape index (κ1) is 17.9. The zero-order valence-corrected chi connectivity index (χ0v) is 10.8. The van der Waals surface area contributed by atoms with E-state index < -0.39 is 7.25 Å². The standard InChI is InChI=1S/C11H14N2O2.BF4/c1-2-15-10(12)8-13-11(14)9-6-4-3-5-7-9;2-1(3,4)5/h3-7,12H,2,8H2,1H3,(H,13,14);/q;-1/p+1. The number of carbonyl (C=O) groups excluding carboxylic acids is 1. The SMILES string of the molecule is CCOC(=[NH2+])CNC(=O)c1ccccc1.F[B-](F)(F)F. The van der Waals surface area contributed by atoms with Crippen molar-refractivity contribution < 1.29 is 32.2 Å². The van der Waals surface area contributed by atoms with Gasteiger partial charge >= 0.3 is 13.2 Å². The summed E-state index contributed by atoms with van der Waals surface area (Å²) < 4.78 is 44.0. The number of carbonyl (C=O) groups is 1. The van der Waals surface area contributed by atoms with Crippen molar-refractivity contribution in [2.24, 2.45) is 0 Å². The first-order valence-corrected chi connectivity index (χ1v) is 5.68. The average molecular weight is 294 g/mol. The third kappa shape index (κ3) is 11.1. The zero-order chi connectivity index (χ0) is 15.6. The molecule has 0 unspecified atom stereocenters. The highest BCUT2D eigenvalue weighted by atomic mass is 19.5. The van der Waals surface area contributed by atoms with Crippen LogP contribution in [-0.2, 0) is 4.74 Å². The summed E-state index contributed by atoms with van der Waals surface area (Å²) in [5.41, 5.74) is 0.613. The summed E-state index contributed by atoms with van der Waals surface area (Å²) in [7, 11) is -6.00. The molecule has 112 valence electrons. The van der Waals surface area contributed by atoms with Gasteiger partial charge in [0.2, 0.25) is 0 Å². The largest absolute Gasteiger partial charge is 0.673 e. The van der Waals surface area contributed by atoms with Crippen LogP contribution in [0.5, 0.6) is 0 Å². The molecule has 0 atom stereocenters. The molecule has 0 heterocycles. The second-order valence-electron chi connectivity index (χ2n) is 3.44. The Morgan fingerprint density at radius 1 is 1.25 bits per heavy atom. The summed E-state index contributed by atoms with van der Waals surface area (Å²) in [5.74, 6) is 0.167. The van der Waals surface area contributed by atoms with Gasteiger partial charge in [0.15, 0.2) is 0 Å². The van der Waals surface area contributed by atoms with Crippen LogP contribution in [0.25, 0.3) is 0 Å². The number of hydrogen-bond acceptors (Lipinski definition) is 2. The van der Waals surface area contributed by atoms with Crippen LogP contribution in [-0.4, -0.2) is 32.2 Å². The van der Waals surface area contributed by atoms with Crippen LogP contribution in [0.2, 0.25) is 0 Å². The summed E-state index contributed by atoms with van der Waals surface area (Å²) in [5, 5.41) is 8.15. The maximum Gasteiger partial charge on any atom is 0.673 e. The lowest BCUT2D eigenvalue weighted by atomic mass is 10.2. The van der Waals surface area contributed by atoms with Gasteiger partial charge in [0.1, 0.15) is 6.54 Å².